The Balaban J connectivity index is 1.70. The molecule has 0 saturated heterocycles. The van der Waals surface area contributed by atoms with E-state index in [1.54, 1.807) is 19.5 Å². The van der Waals surface area contributed by atoms with Crippen molar-refractivity contribution in [1.82, 2.24) is 15.3 Å². The number of carbonyl (C=O) groups is 1. The topological polar surface area (TPSA) is 67.4 Å². The minimum atomic E-state index is -0.226. The molecule has 0 aliphatic rings. The zero-order valence-electron chi connectivity index (χ0n) is 16.3. The molecule has 3 rings (SSSR count). The SMILES string of the molecule is CCN(c1cccc(C)c1)c1ncc(C(=O)NCc2ccccc2OC)cn1. The summed E-state index contributed by atoms with van der Waals surface area (Å²) in [5.41, 5.74) is 3.52. The fourth-order valence-corrected chi connectivity index (χ4v) is 2.94. The second-order valence-electron chi connectivity index (χ2n) is 6.35. The number of methoxy groups -OCH3 is 1. The Labute approximate surface area is 165 Å². The van der Waals surface area contributed by atoms with Gasteiger partial charge in [0.25, 0.3) is 5.91 Å². The molecule has 6 heteroatoms. The average Bonchev–Trinajstić information content (AvgIpc) is 2.73. The summed E-state index contributed by atoms with van der Waals surface area (Å²) in [5, 5.41) is 2.88. The predicted molar refractivity (Wildman–Crippen MR) is 110 cm³/mol. The van der Waals surface area contributed by atoms with Crippen molar-refractivity contribution in [3.63, 3.8) is 0 Å². The van der Waals surface area contributed by atoms with Crippen LogP contribution in [0.2, 0.25) is 0 Å². The van der Waals surface area contributed by atoms with Gasteiger partial charge in [-0.3, -0.25) is 4.79 Å². The monoisotopic (exact) mass is 376 g/mol. The number of amides is 1. The van der Waals surface area contributed by atoms with Crippen molar-refractivity contribution in [2.24, 2.45) is 0 Å². The molecule has 0 saturated carbocycles. The third-order valence-corrected chi connectivity index (χ3v) is 4.40. The molecule has 2 aromatic carbocycles. The normalized spacial score (nSPS) is 10.4. The third kappa shape index (κ3) is 4.46. The van der Waals surface area contributed by atoms with Crippen molar-refractivity contribution in [1.29, 1.82) is 0 Å². The molecule has 0 spiro atoms. The molecule has 6 nitrogen and oxygen atoms in total. The van der Waals surface area contributed by atoms with Crippen LogP contribution in [0.25, 0.3) is 0 Å². The van der Waals surface area contributed by atoms with Gasteiger partial charge in [0, 0.05) is 36.7 Å². The number of aryl methyl sites for hydroxylation is 1. The van der Waals surface area contributed by atoms with E-state index in [1.165, 1.54) is 5.56 Å². The summed E-state index contributed by atoms with van der Waals surface area (Å²) in [7, 11) is 1.61. The molecule has 1 N–H and O–H groups in total. The van der Waals surface area contributed by atoms with Crippen molar-refractivity contribution in [3.05, 3.63) is 77.6 Å². The van der Waals surface area contributed by atoms with E-state index in [0.29, 0.717) is 18.1 Å². The summed E-state index contributed by atoms with van der Waals surface area (Å²) in [6, 6.07) is 15.7. The molecule has 0 unspecified atom stereocenters. The van der Waals surface area contributed by atoms with Crippen LogP contribution in [0.1, 0.15) is 28.4 Å². The van der Waals surface area contributed by atoms with Gasteiger partial charge in [0.1, 0.15) is 5.75 Å². The van der Waals surface area contributed by atoms with E-state index in [1.807, 2.05) is 61.2 Å². The van der Waals surface area contributed by atoms with Gasteiger partial charge in [-0.1, -0.05) is 30.3 Å². The van der Waals surface area contributed by atoms with Gasteiger partial charge < -0.3 is 15.0 Å². The highest BCUT2D eigenvalue weighted by Gasteiger charge is 2.13. The molecule has 1 aromatic heterocycles. The lowest BCUT2D eigenvalue weighted by Gasteiger charge is -2.21. The van der Waals surface area contributed by atoms with Crippen LogP contribution in [0.4, 0.5) is 11.6 Å². The number of aromatic nitrogens is 2. The van der Waals surface area contributed by atoms with Crippen LogP contribution in [-0.2, 0) is 6.54 Å². The van der Waals surface area contributed by atoms with Crippen LogP contribution in [0.5, 0.6) is 5.75 Å². The van der Waals surface area contributed by atoms with Gasteiger partial charge in [-0.25, -0.2) is 9.97 Å². The second kappa shape index (κ2) is 8.99. The van der Waals surface area contributed by atoms with Gasteiger partial charge in [0.05, 0.1) is 12.7 Å². The first-order valence-electron chi connectivity index (χ1n) is 9.18. The Morgan fingerprint density at radius 1 is 1.11 bits per heavy atom. The summed E-state index contributed by atoms with van der Waals surface area (Å²) < 4.78 is 5.31. The highest BCUT2D eigenvalue weighted by atomic mass is 16.5. The molecule has 0 bridgehead atoms. The molecule has 0 radical (unpaired) electrons. The number of carbonyl (C=O) groups excluding carboxylic acids is 1. The van der Waals surface area contributed by atoms with E-state index in [4.69, 9.17) is 4.74 Å². The zero-order chi connectivity index (χ0) is 19.9. The summed E-state index contributed by atoms with van der Waals surface area (Å²) in [6.45, 7) is 5.19. The van der Waals surface area contributed by atoms with Gasteiger partial charge in [0.15, 0.2) is 0 Å². The average molecular weight is 376 g/mol. The van der Waals surface area contributed by atoms with Gasteiger partial charge in [-0.05, 0) is 37.6 Å². The number of para-hydroxylation sites is 1. The minimum Gasteiger partial charge on any atom is -0.496 e. The van der Waals surface area contributed by atoms with Gasteiger partial charge in [-0.15, -0.1) is 0 Å². The first-order chi connectivity index (χ1) is 13.6. The Morgan fingerprint density at radius 3 is 2.54 bits per heavy atom. The Kier molecular flexibility index (Phi) is 6.22. The van der Waals surface area contributed by atoms with Crippen molar-refractivity contribution in [2.75, 3.05) is 18.6 Å². The molecule has 144 valence electrons. The number of benzene rings is 2. The second-order valence-corrected chi connectivity index (χ2v) is 6.35. The molecule has 0 atom stereocenters. The molecular weight excluding hydrogens is 352 g/mol. The fourth-order valence-electron chi connectivity index (χ4n) is 2.94. The lowest BCUT2D eigenvalue weighted by molar-refractivity contribution is 0.0950. The number of nitrogens with one attached hydrogen (secondary N) is 1. The van der Waals surface area contributed by atoms with Crippen LogP contribution >= 0.6 is 0 Å². The van der Waals surface area contributed by atoms with E-state index >= 15 is 0 Å². The van der Waals surface area contributed by atoms with Crippen LogP contribution in [0.3, 0.4) is 0 Å². The number of hydrogen-bond acceptors (Lipinski definition) is 5. The summed E-state index contributed by atoms with van der Waals surface area (Å²) >= 11 is 0. The van der Waals surface area contributed by atoms with Crippen molar-refractivity contribution >= 4 is 17.5 Å². The summed E-state index contributed by atoms with van der Waals surface area (Å²) in [4.78, 5) is 23.2. The molecular formula is C22H24N4O2. The number of ether oxygens (including phenoxy) is 1. The van der Waals surface area contributed by atoms with Crippen molar-refractivity contribution in [2.45, 2.75) is 20.4 Å². The maximum atomic E-state index is 12.4. The van der Waals surface area contributed by atoms with E-state index in [2.05, 4.69) is 21.4 Å². The molecule has 1 amide bonds. The smallest absolute Gasteiger partial charge is 0.254 e. The maximum absolute atomic E-state index is 12.4. The standard InChI is InChI=1S/C22H24N4O2/c1-4-26(19-10-7-8-16(2)12-19)22-24-14-18(15-25-22)21(27)23-13-17-9-5-6-11-20(17)28-3/h5-12,14-15H,4,13H2,1-3H3,(H,23,27). The van der Waals surface area contributed by atoms with Gasteiger partial charge >= 0.3 is 0 Å². The number of nitrogens with zero attached hydrogens (tertiary/aromatic N) is 3. The molecule has 28 heavy (non-hydrogen) atoms. The van der Waals surface area contributed by atoms with E-state index in [0.717, 1.165) is 23.5 Å². The van der Waals surface area contributed by atoms with Crippen LogP contribution < -0.4 is 15.0 Å². The first-order valence-corrected chi connectivity index (χ1v) is 9.18. The predicted octanol–water partition coefficient (Wildman–Crippen LogP) is 3.88. The molecule has 0 aliphatic heterocycles. The first kappa shape index (κ1) is 19.4. The highest BCUT2D eigenvalue weighted by Crippen LogP contribution is 2.22. The minimum absolute atomic E-state index is 0.226. The van der Waals surface area contributed by atoms with Crippen molar-refractivity contribution < 1.29 is 9.53 Å². The number of anilines is 2. The van der Waals surface area contributed by atoms with Crippen LogP contribution in [0, 0.1) is 6.92 Å². The summed E-state index contributed by atoms with van der Waals surface area (Å²) in [6.07, 6.45) is 3.11. The van der Waals surface area contributed by atoms with Gasteiger partial charge in [0.2, 0.25) is 5.95 Å². The summed E-state index contributed by atoms with van der Waals surface area (Å²) in [5.74, 6) is 1.08. The Hall–Kier alpha value is -3.41. The highest BCUT2D eigenvalue weighted by molar-refractivity contribution is 5.93. The van der Waals surface area contributed by atoms with E-state index in [-0.39, 0.29) is 5.91 Å². The largest absolute Gasteiger partial charge is 0.496 e. The van der Waals surface area contributed by atoms with Gasteiger partial charge in [-0.2, -0.15) is 0 Å². The lowest BCUT2D eigenvalue weighted by Crippen LogP contribution is -2.24. The van der Waals surface area contributed by atoms with Crippen LogP contribution in [-0.4, -0.2) is 29.5 Å². The number of hydrogen-bond donors (Lipinski definition) is 1. The van der Waals surface area contributed by atoms with Crippen molar-refractivity contribution in [3.8, 4) is 5.75 Å². The quantitative estimate of drug-likeness (QED) is 0.678. The molecule has 3 aromatic rings. The zero-order valence-corrected chi connectivity index (χ0v) is 16.3. The molecule has 1 heterocycles. The van der Waals surface area contributed by atoms with E-state index in [9.17, 15) is 4.79 Å². The maximum Gasteiger partial charge on any atom is 0.254 e. The van der Waals surface area contributed by atoms with Crippen LogP contribution in [0.15, 0.2) is 60.9 Å². The molecule has 0 fully saturated rings. The number of rotatable bonds is 7. The van der Waals surface area contributed by atoms with E-state index < -0.39 is 0 Å². The fraction of sp³-hybridized carbons (Fsp3) is 0.227. The third-order valence-electron chi connectivity index (χ3n) is 4.40. The lowest BCUT2D eigenvalue weighted by atomic mass is 10.2. The Morgan fingerprint density at radius 2 is 1.86 bits per heavy atom. The molecule has 0 aliphatic carbocycles. The Bertz CT molecular complexity index is 941.